The van der Waals surface area contributed by atoms with Gasteiger partial charge in [0.15, 0.2) is 0 Å². The standard InChI is InChI=1S/C25H26N4O5/c1-15-11-18(20-5-3-4-6-22(20)27-15)14-34-19-9-7-17(8-10-19)24(31)28-23-13-26-12-21(23)25(32)29(33)16(2)30/h3-11,21,23,26,33H,12-14H2,1-2H3,(H,28,31)/t21-,23+/m0/s1. The summed E-state index contributed by atoms with van der Waals surface area (Å²) in [6.45, 7) is 4.01. The van der Waals surface area contributed by atoms with Crippen molar-refractivity contribution < 1.29 is 24.3 Å². The predicted octanol–water partition coefficient (Wildman–Crippen LogP) is 2.20. The molecule has 0 aliphatic carbocycles. The Labute approximate surface area is 196 Å². The number of pyridine rings is 1. The molecule has 0 saturated carbocycles. The number of nitrogens with one attached hydrogen (secondary N) is 2. The van der Waals surface area contributed by atoms with Crippen LogP contribution in [0.4, 0.5) is 0 Å². The zero-order valence-electron chi connectivity index (χ0n) is 18.9. The molecule has 2 heterocycles. The number of benzene rings is 2. The number of carbonyl (C=O) groups is 3. The van der Waals surface area contributed by atoms with E-state index in [0.29, 0.717) is 24.5 Å². The highest BCUT2D eigenvalue weighted by Crippen LogP contribution is 2.21. The number of ether oxygens (including phenoxy) is 1. The molecule has 3 amide bonds. The van der Waals surface area contributed by atoms with Gasteiger partial charge in [0.05, 0.1) is 17.5 Å². The molecule has 0 bridgehead atoms. The summed E-state index contributed by atoms with van der Waals surface area (Å²) in [5, 5.41) is 16.6. The molecule has 1 aliphatic heterocycles. The largest absolute Gasteiger partial charge is 0.489 e. The van der Waals surface area contributed by atoms with Crippen LogP contribution in [0.25, 0.3) is 10.9 Å². The Kier molecular flexibility index (Phi) is 6.85. The molecule has 176 valence electrons. The van der Waals surface area contributed by atoms with Gasteiger partial charge >= 0.3 is 0 Å². The maximum atomic E-state index is 12.7. The van der Waals surface area contributed by atoms with E-state index in [-0.39, 0.29) is 17.5 Å². The number of amides is 3. The number of hydrogen-bond donors (Lipinski definition) is 3. The van der Waals surface area contributed by atoms with E-state index >= 15 is 0 Å². The Morgan fingerprint density at radius 3 is 2.62 bits per heavy atom. The van der Waals surface area contributed by atoms with Crippen LogP contribution in [0.5, 0.6) is 5.75 Å². The summed E-state index contributed by atoms with van der Waals surface area (Å²) in [6.07, 6.45) is 0. The van der Waals surface area contributed by atoms with E-state index in [9.17, 15) is 19.6 Å². The van der Waals surface area contributed by atoms with Crippen LogP contribution in [0, 0.1) is 12.8 Å². The van der Waals surface area contributed by atoms with Gasteiger partial charge in [-0.1, -0.05) is 18.2 Å². The van der Waals surface area contributed by atoms with E-state index in [1.165, 1.54) is 0 Å². The van der Waals surface area contributed by atoms with Gasteiger partial charge in [-0.3, -0.25) is 24.6 Å². The summed E-state index contributed by atoms with van der Waals surface area (Å²) < 4.78 is 5.94. The van der Waals surface area contributed by atoms with Crippen molar-refractivity contribution >= 4 is 28.6 Å². The topological polar surface area (TPSA) is 121 Å². The fourth-order valence-corrected chi connectivity index (χ4v) is 4.03. The summed E-state index contributed by atoms with van der Waals surface area (Å²) >= 11 is 0. The molecule has 0 radical (unpaired) electrons. The van der Waals surface area contributed by atoms with Gasteiger partial charge < -0.3 is 15.4 Å². The van der Waals surface area contributed by atoms with Crippen molar-refractivity contribution in [2.75, 3.05) is 13.1 Å². The Balaban J connectivity index is 1.39. The quantitative estimate of drug-likeness (QED) is 0.379. The van der Waals surface area contributed by atoms with Gasteiger partial charge in [0.2, 0.25) is 5.91 Å². The lowest BCUT2D eigenvalue weighted by molar-refractivity contribution is -0.180. The fourth-order valence-electron chi connectivity index (χ4n) is 4.03. The van der Waals surface area contributed by atoms with E-state index < -0.39 is 23.8 Å². The summed E-state index contributed by atoms with van der Waals surface area (Å²) in [6, 6.07) is 16.1. The average Bonchev–Trinajstić information content (AvgIpc) is 3.29. The van der Waals surface area contributed by atoms with Gasteiger partial charge in [-0.05, 0) is 43.3 Å². The summed E-state index contributed by atoms with van der Waals surface area (Å²) in [5.41, 5.74) is 3.26. The lowest BCUT2D eigenvalue weighted by Crippen LogP contribution is -2.47. The Hall–Kier alpha value is -3.82. The van der Waals surface area contributed by atoms with Crippen LogP contribution in [0.15, 0.2) is 54.6 Å². The van der Waals surface area contributed by atoms with Crippen LogP contribution in [-0.4, -0.2) is 52.1 Å². The molecule has 3 aromatic rings. The molecule has 1 aliphatic rings. The van der Waals surface area contributed by atoms with Gasteiger partial charge in [0.1, 0.15) is 12.4 Å². The van der Waals surface area contributed by atoms with Gasteiger partial charge in [-0.2, -0.15) is 5.06 Å². The molecular weight excluding hydrogens is 436 g/mol. The second-order valence-electron chi connectivity index (χ2n) is 8.27. The Morgan fingerprint density at radius 1 is 1.15 bits per heavy atom. The fraction of sp³-hybridized carbons (Fsp3) is 0.280. The molecular formula is C25H26N4O5. The number of fused-ring (bicyclic) bond motifs is 1. The van der Waals surface area contributed by atoms with Gasteiger partial charge in [0, 0.05) is 42.2 Å². The van der Waals surface area contributed by atoms with E-state index in [1.54, 1.807) is 24.3 Å². The van der Waals surface area contributed by atoms with Gasteiger partial charge in [-0.25, -0.2) is 0 Å². The van der Waals surface area contributed by atoms with Gasteiger partial charge in [-0.15, -0.1) is 0 Å². The SMILES string of the molecule is CC(=O)N(O)C(=O)[C@H]1CNC[C@H]1NC(=O)c1ccc(OCc2cc(C)nc3ccccc23)cc1. The Bertz CT molecular complexity index is 1230. The van der Waals surface area contributed by atoms with Gasteiger partial charge in [0.25, 0.3) is 11.8 Å². The maximum absolute atomic E-state index is 12.7. The molecule has 9 nitrogen and oxygen atoms in total. The van der Waals surface area contributed by atoms with Crippen LogP contribution < -0.4 is 15.4 Å². The number of imide groups is 1. The highest BCUT2D eigenvalue weighted by molar-refractivity contribution is 5.97. The number of para-hydroxylation sites is 1. The normalized spacial score (nSPS) is 17.4. The van der Waals surface area contributed by atoms with Crippen molar-refractivity contribution in [2.45, 2.75) is 26.5 Å². The van der Waals surface area contributed by atoms with Crippen LogP contribution in [0.2, 0.25) is 0 Å². The average molecular weight is 463 g/mol. The third-order valence-corrected chi connectivity index (χ3v) is 5.80. The van der Waals surface area contributed by atoms with E-state index in [1.807, 2.05) is 37.3 Å². The molecule has 1 saturated heterocycles. The first-order valence-electron chi connectivity index (χ1n) is 11.0. The van der Waals surface area contributed by atoms with Crippen molar-refractivity contribution in [2.24, 2.45) is 5.92 Å². The number of aryl methyl sites for hydroxylation is 1. The lowest BCUT2D eigenvalue weighted by Gasteiger charge is -2.21. The van der Waals surface area contributed by atoms with Crippen LogP contribution in [0.3, 0.4) is 0 Å². The highest BCUT2D eigenvalue weighted by Gasteiger charge is 2.37. The van der Waals surface area contributed by atoms with E-state index in [4.69, 9.17) is 4.74 Å². The second kappa shape index (κ2) is 9.98. The van der Waals surface area contributed by atoms with E-state index in [0.717, 1.165) is 29.1 Å². The molecule has 2 aromatic carbocycles. The van der Waals surface area contributed by atoms with Crippen LogP contribution >= 0.6 is 0 Å². The minimum atomic E-state index is -0.771. The minimum Gasteiger partial charge on any atom is -0.489 e. The Morgan fingerprint density at radius 2 is 1.88 bits per heavy atom. The summed E-state index contributed by atoms with van der Waals surface area (Å²) in [7, 11) is 0. The first-order chi connectivity index (χ1) is 16.3. The monoisotopic (exact) mass is 462 g/mol. The number of aromatic nitrogens is 1. The zero-order valence-corrected chi connectivity index (χ0v) is 18.9. The first kappa shape index (κ1) is 23.3. The van der Waals surface area contributed by atoms with Crippen molar-refractivity contribution in [3.8, 4) is 5.75 Å². The van der Waals surface area contributed by atoms with Crippen LogP contribution in [0.1, 0.15) is 28.5 Å². The van der Waals surface area contributed by atoms with Crippen molar-refractivity contribution in [1.29, 1.82) is 0 Å². The molecule has 2 atom stereocenters. The molecule has 1 fully saturated rings. The molecule has 34 heavy (non-hydrogen) atoms. The number of nitrogens with zero attached hydrogens (tertiary/aromatic N) is 2. The molecule has 0 spiro atoms. The van der Waals surface area contributed by atoms with E-state index in [2.05, 4.69) is 15.6 Å². The third-order valence-electron chi connectivity index (χ3n) is 5.80. The maximum Gasteiger partial charge on any atom is 0.259 e. The second-order valence-corrected chi connectivity index (χ2v) is 8.27. The summed E-state index contributed by atoms with van der Waals surface area (Å²) in [5.74, 6) is -2.00. The molecule has 0 unspecified atom stereocenters. The zero-order chi connectivity index (χ0) is 24.2. The smallest absolute Gasteiger partial charge is 0.259 e. The third kappa shape index (κ3) is 5.05. The van der Waals surface area contributed by atoms with Crippen molar-refractivity contribution in [3.63, 3.8) is 0 Å². The molecule has 4 rings (SSSR count). The van der Waals surface area contributed by atoms with Crippen molar-refractivity contribution in [1.82, 2.24) is 20.7 Å². The number of hydrogen-bond acceptors (Lipinski definition) is 7. The number of carbonyl (C=O) groups excluding carboxylic acids is 3. The predicted molar refractivity (Wildman–Crippen MR) is 124 cm³/mol. The molecule has 9 heteroatoms. The number of rotatable bonds is 6. The molecule has 3 N–H and O–H groups in total. The first-order valence-corrected chi connectivity index (χ1v) is 11.0. The van der Waals surface area contributed by atoms with Crippen LogP contribution in [-0.2, 0) is 16.2 Å². The highest BCUT2D eigenvalue weighted by atomic mass is 16.5. The lowest BCUT2D eigenvalue weighted by atomic mass is 10.0. The molecule has 1 aromatic heterocycles. The minimum absolute atomic E-state index is 0.0937. The number of hydroxylamine groups is 2. The summed E-state index contributed by atoms with van der Waals surface area (Å²) in [4.78, 5) is 40.8. The van der Waals surface area contributed by atoms with Crippen molar-refractivity contribution in [3.05, 3.63) is 71.4 Å².